The van der Waals surface area contributed by atoms with Crippen molar-refractivity contribution in [2.45, 2.75) is 11.3 Å². The highest BCUT2D eigenvalue weighted by Crippen LogP contribution is 2.35. The average molecular weight is 449 g/mol. The zero-order chi connectivity index (χ0) is 20.6. The highest BCUT2D eigenvalue weighted by molar-refractivity contribution is 7.89. The lowest BCUT2D eigenvalue weighted by molar-refractivity contribution is 0.414. The number of hydrogen-bond acceptors (Lipinski definition) is 4. The first-order valence-corrected chi connectivity index (χ1v) is 11.2. The molecule has 0 bridgehead atoms. The third-order valence-electron chi connectivity index (χ3n) is 4.89. The molecule has 3 aromatic rings. The summed E-state index contributed by atoms with van der Waals surface area (Å²) in [5, 5.41) is 2.42. The smallest absolute Gasteiger partial charge is 0.266 e. The summed E-state index contributed by atoms with van der Waals surface area (Å²) in [6.07, 6.45) is 0.405. The molecule has 0 saturated heterocycles. The van der Waals surface area contributed by atoms with E-state index in [9.17, 15) is 8.42 Å². The molecule has 0 radical (unpaired) electrons. The molecular weight excluding hydrogens is 431 g/mol. The van der Waals surface area contributed by atoms with Crippen LogP contribution in [0.4, 0.5) is 0 Å². The van der Waals surface area contributed by atoms with Gasteiger partial charge in [-0.1, -0.05) is 65.7 Å². The van der Waals surface area contributed by atoms with Gasteiger partial charge in [-0.05, 0) is 22.4 Å². The summed E-state index contributed by atoms with van der Waals surface area (Å²) in [6, 6.07) is 16.7. The topological polar surface area (TPSA) is 59.0 Å². The summed E-state index contributed by atoms with van der Waals surface area (Å²) in [7, 11) is -2.46. The van der Waals surface area contributed by atoms with E-state index in [4.69, 9.17) is 27.9 Å². The second-order valence-corrected chi connectivity index (χ2v) is 9.25. The fourth-order valence-corrected chi connectivity index (χ4v) is 5.76. The number of aliphatic imine (C=N–C) groups is 1. The Bertz CT molecular complexity index is 1220. The van der Waals surface area contributed by atoms with E-state index in [1.54, 1.807) is 0 Å². The Morgan fingerprint density at radius 2 is 1.83 bits per heavy atom. The first-order chi connectivity index (χ1) is 13.9. The standard InChI is InChI=1S/C21H18Cl2N2O3S/c1-28-19-12-18(23)20(13-17(19)22)29(26,27)25-10-9-24-21(25)11-15-7-4-6-14-5-2-3-8-16(14)15/h2-8,12-13H,9-11H2,1H3. The van der Waals surface area contributed by atoms with Crippen LogP contribution >= 0.6 is 23.2 Å². The summed E-state index contributed by atoms with van der Waals surface area (Å²) >= 11 is 12.4. The van der Waals surface area contributed by atoms with Crippen LogP contribution in [0.25, 0.3) is 10.8 Å². The molecule has 0 saturated carbocycles. The predicted molar refractivity (Wildman–Crippen MR) is 117 cm³/mol. The first kappa shape index (κ1) is 20.0. The van der Waals surface area contributed by atoms with Crippen LogP contribution in [0.15, 0.2) is 64.5 Å². The Kier molecular flexibility index (Phi) is 5.42. The van der Waals surface area contributed by atoms with E-state index in [-0.39, 0.29) is 21.5 Å². The highest BCUT2D eigenvalue weighted by Gasteiger charge is 2.33. The van der Waals surface area contributed by atoms with Crippen LogP contribution in [0, 0.1) is 0 Å². The molecule has 1 aliphatic heterocycles. The van der Waals surface area contributed by atoms with Gasteiger partial charge in [0.1, 0.15) is 16.5 Å². The average Bonchev–Trinajstić information content (AvgIpc) is 3.18. The number of ether oxygens (including phenoxy) is 1. The number of halogens is 2. The second-order valence-electron chi connectivity index (χ2n) is 6.61. The number of fused-ring (bicyclic) bond motifs is 1. The molecule has 3 aromatic carbocycles. The zero-order valence-electron chi connectivity index (χ0n) is 15.6. The van der Waals surface area contributed by atoms with E-state index in [0.29, 0.717) is 24.6 Å². The van der Waals surface area contributed by atoms with Gasteiger partial charge in [0.15, 0.2) is 0 Å². The van der Waals surface area contributed by atoms with Gasteiger partial charge in [-0.25, -0.2) is 8.42 Å². The highest BCUT2D eigenvalue weighted by atomic mass is 35.5. The normalized spacial score (nSPS) is 14.3. The summed E-state index contributed by atoms with van der Waals surface area (Å²) < 4.78 is 33.1. The molecule has 1 aliphatic rings. The summed E-state index contributed by atoms with van der Waals surface area (Å²) in [5.41, 5.74) is 1.02. The van der Waals surface area contributed by atoms with Gasteiger partial charge in [0.05, 0.1) is 30.2 Å². The summed E-state index contributed by atoms with van der Waals surface area (Å²) in [6.45, 7) is 0.670. The van der Waals surface area contributed by atoms with Gasteiger partial charge in [0.2, 0.25) is 0 Å². The molecule has 0 aromatic heterocycles. The van der Waals surface area contributed by atoms with E-state index in [1.165, 1.54) is 23.5 Å². The largest absolute Gasteiger partial charge is 0.495 e. The third-order valence-corrected chi connectivity index (χ3v) is 7.48. The van der Waals surface area contributed by atoms with Gasteiger partial charge in [0.25, 0.3) is 10.0 Å². The number of amidine groups is 1. The van der Waals surface area contributed by atoms with Crippen molar-refractivity contribution in [3.63, 3.8) is 0 Å². The number of nitrogens with zero attached hydrogens (tertiary/aromatic N) is 2. The Labute approximate surface area is 179 Å². The number of benzene rings is 3. The number of methoxy groups -OCH3 is 1. The lowest BCUT2D eigenvalue weighted by Crippen LogP contribution is -2.35. The van der Waals surface area contributed by atoms with Crippen molar-refractivity contribution >= 4 is 49.8 Å². The van der Waals surface area contributed by atoms with E-state index in [0.717, 1.165) is 16.3 Å². The molecule has 0 fully saturated rings. The van der Waals surface area contributed by atoms with Crippen molar-refractivity contribution in [1.82, 2.24) is 4.31 Å². The van der Waals surface area contributed by atoms with Crippen LogP contribution in [-0.4, -0.2) is 38.8 Å². The Morgan fingerprint density at radius 1 is 1.07 bits per heavy atom. The maximum absolute atomic E-state index is 13.3. The molecule has 1 heterocycles. The van der Waals surface area contributed by atoms with Crippen LogP contribution in [0.5, 0.6) is 5.75 Å². The van der Waals surface area contributed by atoms with Crippen LogP contribution in [-0.2, 0) is 16.4 Å². The summed E-state index contributed by atoms with van der Waals surface area (Å²) in [5.74, 6) is 0.811. The molecular formula is C21H18Cl2N2O3S. The van der Waals surface area contributed by atoms with Crippen molar-refractivity contribution < 1.29 is 13.2 Å². The third kappa shape index (κ3) is 3.68. The van der Waals surface area contributed by atoms with Crippen molar-refractivity contribution in [3.05, 3.63) is 70.2 Å². The van der Waals surface area contributed by atoms with Crippen molar-refractivity contribution in [1.29, 1.82) is 0 Å². The molecule has 5 nitrogen and oxygen atoms in total. The minimum atomic E-state index is -3.91. The Hall–Kier alpha value is -2.28. The van der Waals surface area contributed by atoms with E-state index < -0.39 is 10.0 Å². The molecule has 8 heteroatoms. The van der Waals surface area contributed by atoms with Gasteiger partial charge in [0, 0.05) is 12.5 Å². The minimum Gasteiger partial charge on any atom is -0.495 e. The van der Waals surface area contributed by atoms with Gasteiger partial charge in [-0.3, -0.25) is 9.30 Å². The zero-order valence-corrected chi connectivity index (χ0v) is 17.9. The number of rotatable bonds is 5. The Balaban J connectivity index is 1.70. The van der Waals surface area contributed by atoms with Gasteiger partial charge < -0.3 is 4.74 Å². The van der Waals surface area contributed by atoms with Gasteiger partial charge in [-0.2, -0.15) is 0 Å². The molecule has 4 rings (SSSR count). The van der Waals surface area contributed by atoms with Crippen molar-refractivity contribution in [3.8, 4) is 5.75 Å². The van der Waals surface area contributed by atoms with Crippen LogP contribution < -0.4 is 4.74 Å². The van der Waals surface area contributed by atoms with E-state index >= 15 is 0 Å². The molecule has 0 amide bonds. The lowest BCUT2D eigenvalue weighted by Gasteiger charge is -2.22. The minimum absolute atomic E-state index is 0.0579. The van der Waals surface area contributed by atoms with Gasteiger partial charge >= 0.3 is 0 Å². The lowest BCUT2D eigenvalue weighted by atomic mass is 10.0. The molecule has 0 spiro atoms. The van der Waals surface area contributed by atoms with Crippen LogP contribution in [0.3, 0.4) is 0 Å². The van der Waals surface area contributed by atoms with Gasteiger partial charge in [-0.15, -0.1) is 0 Å². The van der Waals surface area contributed by atoms with E-state index in [2.05, 4.69) is 4.99 Å². The van der Waals surface area contributed by atoms with Crippen LogP contribution in [0.1, 0.15) is 5.56 Å². The predicted octanol–water partition coefficient (Wildman–Crippen LogP) is 4.80. The van der Waals surface area contributed by atoms with Crippen LogP contribution in [0.2, 0.25) is 10.0 Å². The maximum atomic E-state index is 13.3. The summed E-state index contributed by atoms with van der Waals surface area (Å²) in [4.78, 5) is 4.40. The van der Waals surface area contributed by atoms with Crippen molar-refractivity contribution in [2.24, 2.45) is 4.99 Å². The Morgan fingerprint density at radius 3 is 2.62 bits per heavy atom. The number of sulfonamides is 1. The molecule has 150 valence electrons. The SMILES string of the molecule is COc1cc(Cl)c(S(=O)(=O)N2CCN=C2Cc2cccc3ccccc23)cc1Cl. The molecule has 0 N–H and O–H groups in total. The second kappa shape index (κ2) is 7.86. The molecule has 0 unspecified atom stereocenters. The quantitative estimate of drug-likeness (QED) is 0.562. The first-order valence-electron chi connectivity index (χ1n) is 8.97. The van der Waals surface area contributed by atoms with Crippen molar-refractivity contribution in [2.75, 3.05) is 20.2 Å². The molecule has 0 aliphatic carbocycles. The maximum Gasteiger partial charge on any atom is 0.266 e. The fraction of sp³-hybridized carbons (Fsp3) is 0.190. The van der Waals surface area contributed by atoms with E-state index in [1.807, 2.05) is 42.5 Å². The monoisotopic (exact) mass is 448 g/mol. The molecule has 0 atom stereocenters. The molecule has 29 heavy (non-hydrogen) atoms. The number of hydrogen-bond donors (Lipinski definition) is 0. The fourth-order valence-electron chi connectivity index (χ4n) is 3.48.